The molecule has 0 radical (unpaired) electrons. The number of aromatic nitrogens is 3. The minimum atomic E-state index is -3.98. The number of carbonyl (C=O) groups excluding carboxylic acids is 1. The van der Waals surface area contributed by atoms with E-state index in [1.165, 1.54) is 60.9 Å². The number of hydrogen-bond acceptors (Lipinski definition) is 9. The molecule has 0 aliphatic carbocycles. The van der Waals surface area contributed by atoms with E-state index in [1.807, 2.05) is 0 Å². The lowest BCUT2D eigenvalue weighted by atomic mass is 9.91. The van der Waals surface area contributed by atoms with Crippen LogP contribution in [0.1, 0.15) is 52.1 Å². The Labute approximate surface area is 269 Å². The van der Waals surface area contributed by atoms with E-state index in [9.17, 15) is 26.4 Å². The second-order valence-electron chi connectivity index (χ2n) is 10.7. The van der Waals surface area contributed by atoms with Crippen molar-refractivity contribution in [3.63, 3.8) is 0 Å². The third-order valence-corrected chi connectivity index (χ3v) is 10.6. The SMILES string of the molecule is COC(=O)c1ccc(S(=O)(=O)CCC2(F)CC3=C(c4ccn(C(F)F)n4)[C@H](c4ccc(F)cc4Cl)N=C(c4nccs4)N3C2)cc1. The number of hydrogen-bond donors (Lipinski definition) is 0. The number of carbonyl (C=O) groups is 1. The number of fused-ring (bicyclic) bond motifs is 1. The van der Waals surface area contributed by atoms with Gasteiger partial charge in [-0.3, -0.25) is 4.99 Å². The van der Waals surface area contributed by atoms with Crippen LogP contribution in [0.2, 0.25) is 5.02 Å². The van der Waals surface area contributed by atoms with E-state index in [4.69, 9.17) is 16.6 Å². The van der Waals surface area contributed by atoms with Gasteiger partial charge in [0.2, 0.25) is 0 Å². The van der Waals surface area contributed by atoms with Crippen LogP contribution in [0.15, 0.2) is 81.9 Å². The topological polar surface area (TPSA) is 107 Å². The van der Waals surface area contributed by atoms with Gasteiger partial charge in [-0.15, -0.1) is 11.3 Å². The van der Waals surface area contributed by atoms with E-state index in [2.05, 4.69) is 14.8 Å². The van der Waals surface area contributed by atoms with Crippen LogP contribution in [0, 0.1) is 5.82 Å². The number of nitrogens with zero attached hydrogens (tertiary/aromatic N) is 5. The molecule has 0 bridgehead atoms. The van der Waals surface area contributed by atoms with Crippen LogP contribution >= 0.6 is 22.9 Å². The molecular weight excluding hydrogens is 670 g/mol. The number of ether oxygens (including phenoxy) is 1. The molecule has 4 aromatic rings. The Balaban J connectivity index is 1.41. The lowest BCUT2D eigenvalue weighted by molar-refractivity contribution is 0.0563. The van der Waals surface area contributed by atoms with Crippen LogP contribution in [0.4, 0.5) is 17.6 Å². The molecule has 4 heterocycles. The Bertz CT molecular complexity index is 1970. The molecule has 0 saturated carbocycles. The number of esters is 1. The van der Waals surface area contributed by atoms with Gasteiger partial charge in [-0.25, -0.2) is 31.7 Å². The van der Waals surface area contributed by atoms with Gasteiger partial charge in [-0.05, 0) is 48.9 Å². The number of benzene rings is 2. The number of aliphatic imine (C=N–C) groups is 1. The summed E-state index contributed by atoms with van der Waals surface area (Å²) in [7, 11) is -2.78. The van der Waals surface area contributed by atoms with Gasteiger partial charge in [0, 0.05) is 46.1 Å². The minimum absolute atomic E-state index is 0.0147. The van der Waals surface area contributed by atoms with Gasteiger partial charge >= 0.3 is 12.5 Å². The molecular formula is C30H24ClF4N5O4S2. The molecule has 2 aromatic carbocycles. The Hall–Kier alpha value is -4.08. The van der Waals surface area contributed by atoms with E-state index in [0.717, 1.165) is 12.3 Å². The highest BCUT2D eigenvalue weighted by atomic mass is 35.5. The first-order valence-electron chi connectivity index (χ1n) is 13.8. The smallest absolute Gasteiger partial charge is 0.337 e. The van der Waals surface area contributed by atoms with E-state index in [1.54, 1.807) is 16.5 Å². The number of rotatable bonds is 9. The molecule has 2 aliphatic heterocycles. The highest BCUT2D eigenvalue weighted by molar-refractivity contribution is 7.91. The van der Waals surface area contributed by atoms with Crippen LogP contribution in [0.3, 0.4) is 0 Å². The molecule has 0 spiro atoms. The molecule has 1 fully saturated rings. The quantitative estimate of drug-likeness (QED) is 0.145. The molecule has 0 amide bonds. The first-order chi connectivity index (χ1) is 21.9. The van der Waals surface area contributed by atoms with E-state index in [0.29, 0.717) is 20.9 Å². The van der Waals surface area contributed by atoms with Crippen molar-refractivity contribution in [1.82, 2.24) is 19.7 Å². The molecule has 6 rings (SSSR count). The number of thiazole rings is 1. The second-order valence-corrected chi connectivity index (χ2v) is 14.1. The third-order valence-electron chi connectivity index (χ3n) is 7.76. The fraction of sp³-hybridized carbons (Fsp3) is 0.267. The minimum Gasteiger partial charge on any atom is -0.465 e. The Kier molecular flexibility index (Phi) is 8.50. The summed E-state index contributed by atoms with van der Waals surface area (Å²) in [5.41, 5.74) is -0.920. The molecule has 16 heteroatoms. The fourth-order valence-electron chi connectivity index (χ4n) is 5.54. The van der Waals surface area contributed by atoms with Crippen LogP contribution in [-0.2, 0) is 14.6 Å². The molecule has 2 aliphatic rings. The first-order valence-corrected chi connectivity index (χ1v) is 16.7. The highest BCUT2D eigenvalue weighted by Gasteiger charge is 2.48. The number of sulfone groups is 1. The van der Waals surface area contributed by atoms with Crippen molar-refractivity contribution in [3.8, 4) is 0 Å². The Morgan fingerprint density at radius 1 is 1.20 bits per heavy atom. The molecule has 9 nitrogen and oxygen atoms in total. The van der Waals surface area contributed by atoms with Gasteiger partial charge in [-0.2, -0.15) is 13.9 Å². The van der Waals surface area contributed by atoms with Crippen LogP contribution in [0.5, 0.6) is 0 Å². The summed E-state index contributed by atoms with van der Waals surface area (Å²) >= 11 is 7.70. The summed E-state index contributed by atoms with van der Waals surface area (Å²) in [4.78, 5) is 22.4. The molecule has 1 saturated heterocycles. The molecule has 1 unspecified atom stereocenters. The van der Waals surface area contributed by atoms with Crippen molar-refractivity contribution < 1.29 is 35.5 Å². The zero-order valence-corrected chi connectivity index (χ0v) is 26.3. The molecule has 0 N–H and O–H groups in total. The number of methoxy groups -OCH3 is 1. The second kappa shape index (κ2) is 12.3. The molecule has 2 atom stereocenters. The zero-order chi connectivity index (χ0) is 32.8. The van der Waals surface area contributed by atoms with Crippen LogP contribution in [0.25, 0.3) is 5.57 Å². The first kappa shape index (κ1) is 31.9. The summed E-state index contributed by atoms with van der Waals surface area (Å²) < 4.78 is 89.7. The van der Waals surface area contributed by atoms with Crippen molar-refractivity contribution >= 4 is 50.2 Å². The van der Waals surface area contributed by atoms with Gasteiger partial charge in [0.1, 0.15) is 17.5 Å². The Morgan fingerprint density at radius 2 is 1.96 bits per heavy atom. The maximum absolute atomic E-state index is 16.9. The monoisotopic (exact) mass is 693 g/mol. The van der Waals surface area contributed by atoms with E-state index >= 15 is 4.39 Å². The number of halogens is 5. The maximum Gasteiger partial charge on any atom is 0.337 e. The van der Waals surface area contributed by atoms with Gasteiger partial charge in [0.05, 0.1) is 35.6 Å². The van der Waals surface area contributed by atoms with Crippen LogP contribution < -0.4 is 0 Å². The van der Waals surface area contributed by atoms with E-state index < -0.39 is 52.1 Å². The van der Waals surface area contributed by atoms with Crippen LogP contribution in [-0.4, -0.2) is 65.0 Å². The van der Waals surface area contributed by atoms with Crippen molar-refractivity contribution in [1.29, 1.82) is 0 Å². The average molecular weight is 694 g/mol. The van der Waals surface area contributed by atoms with Gasteiger partial charge < -0.3 is 9.64 Å². The Morgan fingerprint density at radius 3 is 2.59 bits per heavy atom. The number of allylic oxidation sites excluding steroid dienone is 1. The van der Waals surface area contributed by atoms with Gasteiger partial charge in [0.15, 0.2) is 20.7 Å². The predicted molar refractivity (Wildman–Crippen MR) is 163 cm³/mol. The summed E-state index contributed by atoms with van der Waals surface area (Å²) in [6.45, 7) is -3.25. The summed E-state index contributed by atoms with van der Waals surface area (Å²) in [6, 6.07) is 9.19. The summed E-state index contributed by atoms with van der Waals surface area (Å²) in [6.07, 6.45) is 1.90. The van der Waals surface area contributed by atoms with Gasteiger partial charge in [0.25, 0.3) is 0 Å². The average Bonchev–Trinajstić information content (AvgIpc) is 3.80. The fourth-order valence-corrected chi connectivity index (χ4v) is 7.87. The van der Waals surface area contributed by atoms with Crippen molar-refractivity contribution in [2.24, 2.45) is 4.99 Å². The normalized spacial score (nSPS) is 19.8. The predicted octanol–water partition coefficient (Wildman–Crippen LogP) is 6.50. The number of amidine groups is 1. The zero-order valence-electron chi connectivity index (χ0n) is 23.9. The maximum atomic E-state index is 16.9. The standard InChI is InChI=1S/C30H24ClF4N5O4S2/c1-44-28(41)17-2-5-19(6-3-17)46(42,43)13-9-30(35)15-23-24(22-8-11-40(38-22)29(33)34)25(20-7-4-18(32)14-21(20)31)37-26(39(23)16-30)27-36-10-12-45-27/h2-8,10-12,14,25,29H,9,13,15-16H2,1H3/t25-,30?/m0/s1. The highest BCUT2D eigenvalue weighted by Crippen LogP contribution is 2.49. The van der Waals surface area contributed by atoms with Gasteiger partial charge in [-0.1, -0.05) is 17.7 Å². The summed E-state index contributed by atoms with van der Waals surface area (Å²) in [5.74, 6) is -1.52. The van der Waals surface area contributed by atoms with E-state index in [-0.39, 0.29) is 45.5 Å². The third kappa shape index (κ3) is 6.06. The number of alkyl halides is 3. The van der Waals surface area contributed by atoms with Crippen molar-refractivity contribution in [3.05, 3.63) is 105 Å². The lowest BCUT2D eigenvalue weighted by Gasteiger charge is -2.32. The molecule has 46 heavy (non-hydrogen) atoms. The lowest BCUT2D eigenvalue weighted by Crippen LogP contribution is -2.36. The summed E-state index contributed by atoms with van der Waals surface area (Å²) in [5, 5.41) is 6.19. The molecule has 240 valence electrons. The van der Waals surface area contributed by atoms with Crippen molar-refractivity contribution in [2.75, 3.05) is 19.4 Å². The van der Waals surface area contributed by atoms with Crippen molar-refractivity contribution in [2.45, 2.75) is 36.0 Å². The largest absolute Gasteiger partial charge is 0.465 e. The molecule has 2 aromatic heterocycles.